The summed E-state index contributed by atoms with van der Waals surface area (Å²) in [6.07, 6.45) is 0. The normalized spacial score (nSPS) is 12.4. The first-order chi connectivity index (χ1) is 6.04. The Hall–Kier alpha value is -1.71. The summed E-state index contributed by atoms with van der Waals surface area (Å²) in [5, 5.41) is 17.9. The number of hydrogen-bond donors (Lipinski definition) is 3. The molecular weight excluding hydrogens is 170 g/mol. The number of phenolic OH excluding ortho intramolecular Hbond substituents is 1. The predicted molar refractivity (Wildman–Crippen MR) is 48.6 cm³/mol. The van der Waals surface area contributed by atoms with Crippen LogP contribution in [-0.4, -0.2) is 16.2 Å². The van der Waals surface area contributed by atoms with E-state index in [0.29, 0.717) is 5.56 Å². The van der Waals surface area contributed by atoms with Crippen molar-refractivity contribution in [3.8, 4) is 5.75 Å². The van der Waals surface area contributed by atoms with Gasteiger partial charge in [0.2, 0.25) is 0 Å². The molecule has 0 aliphatic heterocycles. The molecule has 0 saturated heterocycles. The van der Waals surface area contributed by atoms with Crippen molar-refractivity contribution in [2.45, 2.75) is 12.8 Å². The van der Waals surface area contributed by atoms with E-state index < -0.39 is 11.9 Å². The Morgan fingerprint density at radius 3 is 2.69 bits per heavy atom. The highest BCUT2D eigenvalue weighted by Gasteiger charge is 2.17. The molecule has 1 rings (SSSR count). The number of nitrogens with two attached hydrogens (primary N) is 1. The van der Waals surface area contributed by atoms with Crippen molar-refractivity contribution in [2.75, 3.05) is 5.73 Å². The number of rotatable bonds is 2. The molecule has 0 amide bonds. The maximum Gasteiger partial charge on any atom is 0.310 e. The van der Waals surface area contributed by atoms with Crippen molar-refractivity contribution in [1.82, 2.24) is 0 Å². The first-order valence-electron chi connectivity index (χ1n) is 3.84. The topological polar surface area (TPSA) is 83.5 Å². The summed E-state index contributed by atoms with van der Waals surface area (Å²) >= 11 is 0. The van der Waals surface area contributed by atoms with Crippen LogP contribution in [0.15, 0.2) is 18.2 Å². The summed E-state index contributed by atoms with van der Waals surface area (Å²) in [5.41, 5.74) is 6.08. The van der Waals surface area contributed by atoms with Crippen molar-refractivity contribution >= 4 is 11.7 Å². The van der Waals surface area contributed by atoms with Gasteiger partial charge in [0.05, 0.1) is 11.6 Å². The zero-order chi connectivity index (χ0) is 10.0. The van der Waals surface area contributed by atoms with Crippen LogP contribution in [0.1, 0.15) is 18.4 Å². The van der Waals surface area contributed by atoms with Crippen LogP contribution in [-0.2, 0) is 4.79 Å². The third kappa shape index (κ3) is 1.72. The molecule has 0 aromatic heterocycles. The Bertz CT molecular complexity index is 336. The number of carboxylic acid groups (broad SMARTS) is 1. The fourth-order valence-corrected chi connectivity index (χ4v) is 1.08. The van der Waals surface area contributed by atoms with Crippen molar-refractivity contribution in [3.05, 3.63) is 23.8 Å². The number of carbonyl (C=O) groups is 1. The van der Waals surface area contributed by atoms with Gasteiger partial charge in [0.15, 0.2) is 0 Å². The Morgan fingerprint density at radius 2 is 2.15 bits per heavy atom. The summed E-state index contributed by atoms with van der Waals surface area (Å²) in [5.74, 6) is -1.74. The first kappa shape index (κ1) is 9.38. The lowest BCUT2D eigenvalue weighted by Gasteiger charge is -2.10. The van der Waals surface area contributed by atoms with Gasteiger partial charge in [0.1, 0.15) is 5.75 Å². The number of nitrogen functional groups attached to an aromatic ring is 1. The van der Waals surface area contributed by atoms with E-state index in [2.05, 4.69) is 0 Å². The molecule has 4 heteroatoms. The molecule has 4 nitrogen and oxygen atoms in total. The third-order valence-electron chi connectivity index (χ3n) is 1.95. The minimum atomic E-state index is -0.961. The number of phenols is 1. The molecule has 0 bridgehead atoms. The van der Waals surface area contributed by atoms with Crippen molar-refractivity contribution in [3.63, 3.8) is 0 Å². The highest BCUT2D eigenvalue weighted by atomic mass is 16.4. The molecule has 13 heavy (non-hydrogen) atoms. The number of anilines is 1. The minimum Gasteiger partial charge on any atom is -0.506 e. The molecular formula is C9H11NO3. The van der Waals surface area contributed by atoms with E-state index in [-0.39, 0.29) is 11.4 Å². The summed E-state index contributed by atoms with van der Waals surface area (Å²) < 4.78 is 0. The molecule has 0 radical (unpaired) electrons. The molecule has 0 fully saturated rings. The van der Waals surface area contributed by atoms with E-state index in [9.17, 15) is 9.90 Å². The number of aliphatic carboxylic acids is 1. The van der Waals surface area contributed by atoms with Gasteiger partial charge in [0.25, 0.3) is 0 Å². The van der Waals surface area contributed by atoms with Gasteiger partial charge in [-0.05, 0) is 18.6 Å². The average Bonchev–Trinajstić information content (AvgIpc) is 2.08. The van der Waals surface area contributed by atoms with E-state index >= 15 is 0 Å². The molecule has 1 aromatic rings. The molecule has 0 spiro atoms. The van der Waals surface area contributed by atoms with Crippen LogP contribution in [0.3, 0.4) is 0 Å². The molecule has 70 valence electrons. The Kier molecular flexibility index (Phi) is 2.41. The monoisotopic (exact) mass is 181 g/mol. The first-order valence-corrected chi connectivity index (χ1v) is 3.84. The molecule has 0 aliphatic carbocycles. The van der Waals surface area contributed by atoms with E-state index in [1.54, 1.807) is 12.1 Å². The van der Waals surface area contributed by atoms with Crippen LogP contribution in [0.5, 0.6) is 5.75 Å². The minimum absolute atomic E-state index is 0.0781. The number of hydrogen-bond acceptors (Lipinski definition) is 3. The van der Waals surface area contributed by atoms with Crippen LogP contribution in [0.2, 0.25) is 0 Å². The van der Waals surface area contributed by atoms with Gasteiger partial charge in [-0.3, -0.25) is 4.79 Å². The maximum atomic E-state index is 10.6. The number of benzene rings is 1. The Balaban J connectivity index is 3.15. The predicted octanol–water partition coefficient (Wildman–Crippen LogP) is 1.16. The molecule has 1 aromatic carbocycles. The van der Waals surface area contributed by atoms with Gasteiger partial charge in [-0.15, -0.1) is 0 Å². The average molecular weight is 181 g/mol. The molecule has 1 atom stereocenters. The summed E-state index contributed by atoms with van der Waals surface area (Å²) in [7, 11) is 0. The SMILES string of the molecule is CC(C(=O)O)c1cccc(O)c1N. The highest BCUT2D eigenvalue weighted by Crippen LogP contribution is 2.29. The fourth-order valence-electron chi connectivity index (χ4n) is 1.08. The van der Waals surface area contributed by atoms with Gasteiger partial charge in [-0.1, -0.05) is 12.1 Å². The zero-order valence-corrected chi connectivity index (χ0v) is 7.19. The van der Waals surface area contributed by atoms with E-state index in [4.69, 9.17) is 10.8 Å². The van der Waals surface area contributed by atoms with Gasteiger partial charge in [-0.2, -0.15) is 0 Å². The van der Waals surface area contributed by atoms with E-state index in [1.165, 1.54) is 13.0 Å². The van der Waals surface area contributed by atoms with Gasteiger partial charge in [0, 0.05) is 0 Å². The lowest BCUT2D eigenvalue weighted by atomic mass is 9.99. The quantitative estimate of drug-likeness (QED) is 0.472. The van der Waals surface area contributed by atoms with E-state index in [1.807, 2.05) is 0 Å². The highest BCUT2D eigenvalue weighted by molar-refractivity contribution is 5.79. The van der Waals surface area contributed by atoms with Crippen LogP contribution in [0, 0.1) is 0 Å². The van der Waals surface area contributed by atoms with Crippen molar-refractivity contribution < 1.29 is 15.0 Å². The van der Waals surface area contributed by atoms with Gasteiger partial charge in [-0.25, -0.2) is 0 Å². The largest absolute Gasteiger partial charge is 0.506 e. The molecule has 1 unspecified atom stereocenters. The van der Waals surface area contributed by atoms with Gasteiger partial charge >= 0.3 is 5.97 Å². The number of aromatic hydroxyl groups is 1. The lowest BCUT2D eigenvalue weighted by molar-refractivity contribution is -0.138. The molecule has 0 heterocycles. The van der Waals surface area contributed by atoms with Crippen molar-refractivity contribution in [2.24, 2.45) is 0 Å². The summed E-state index contributed by atoms with van der Waals surface area (Å²) in [6.45, 7) is 1.52. The van der Waals surface area contributed by atoms with Crippen molar-refractivity contribution in [1.29, 1.82) is 0 Å². The second-order valence-electron chi connectivity index (χ2n) is 2.84. The van der Waals surface area contributed by atoms with Crippen LogP contribution >= 0.6 is 0 Å². The number of para-hydroxylation sites is 1. The second kappa shape index (κ2) is 3.35. The molecule has 0 aliphatic rings. The number of carboxylic acids is 1. The fraction of sp³-hybridized carbons (Fsp3) is 0.222. The maximum absolute atomic E-state index is 10.6. The zero-order valence-electron chi connectivity index (χ0n) is 7.19. The van der Waals surface area contributed by atoms with Crippen LogP contribution in [0.4, 0.5) is 5.69 Å². The second-order valence-corrected chi connectivity index (χ2v) is 2.84. The smallest absolute Gasteiger partial charge is 0.310 e. The summed E-state index contributed by atoms with van der Waals surface area (Å²) in [4.78, 5) is 10.6. The summed E-state index contributed by atoms with van der Waals surface area (Å²) in [6, 6.07) is 4.59. The van der Waals surface area contributed by atoms with Crippen LogP contribution in [0.25, 0.3) is 0 Å². The Labute approximate surface area is 75.6 Å². The molecule has 0 saturated carbocycles. The van der Waals surface area contributed by atoms with Gasteiger partial charge < -0.3 is 15.9 Å². The van der Waals surface area contributed by atoms with E-state index in [0.717, 1.165) is 0 Å². The molecule has 4 N–H and O–H groups in total. The lowest BCUT2D eigenvalue weighted by Crippen LogP contribution is -2.09. The van der Waals surface area contributed by atoms with Crippen LogP contribution < -0.4 is 5.73 Å². The Morgan fingerprint density at radius 1 is 1.54 bits per heavy atom. The third-order valence-corrected chi connectivity index (χ3v) is 1.95. The standard InChI is InChI=1S/C9H11NO3/c1-5(9(12)13)6-3-2-4-7(11)8(6)10/h2-5,11H,10H2,1H3,(H,12,13).